The van der Waals surface area contributed by atoms with Crippen LogP contribution in [0.25, 0.3) is 0 Å². The highest BCUT2D eigenvalue weighted by atomic mass is 16.3. The summed E-state index contributed by atoms with van der Waals surface area (Å²) in [5, 5.41) is 18.4. The third-order valence-corrected chi connectivity index (χ3v) is 1.47. The van der Waals surface area contributed by atoms with Crippen molar-refractivity contribution < 1.29 is 10.2 Å². The largest absolute Gasteiger partial charge is 0.396 e. The number of aliphatic hydroxyl groups excluding tert-OH is 1. The second-order valence-corrected chi connectivity index (χ2v) is 2.46. The number of hydrogen-bond donors (Lipinski definition) is 1. The van der Waals surface area contributed by atoms with Crippen molar-refractivity contribution >= 4 is 0 Å². The lowest BCUT2D eigenvalue weighted by atomic mass is 10.0. The summed E-state index contributed by atoms with van der Waals surface area (Å²) >= 11 is 0. The first-order chi connectivity index (χ1) is 4.31. The minimum atomic E-state index is 0.0204. The predicted molar refractivity (Wildman–Crippen MR) is 35.7 cm³/mol. The molecule has 9 heavy (non-hydrogen) atoms. The molecule has 0 aliphatic rings. The summed E-state index contributed by atoms with van der Waals surface area (Å²) < 4.78 is 0. The second-order valence-electron chi connectivity index (χ2n) is 2.46. The molecule has 0 heterocycles. The van der Waals surface area contributed by atoms with Gasteiger partial charge in [-0.15, -0.1) is 0 Å². The van der Waals surface area contributed by atoms with E-state index in [0.717, 1.165) is 19.3 Å². The molecule has 2 heteroatoms. The van der Waals surface area contributed by atoms with Gasteiger partial charge in [-0.3, -0.25) is 0 Å². The van der Waals surface area contributed by atoms with Crippen LogP contribution in [0.5, 0.6) is 0 Å². The molecule has 0 aromatic heterocycles. The van der Waals surface area contributed by atoms with Gasteiger partial charge in [-0.25, -0.2) is 5.11 Å². The van der Waals surface area contributed by atoms with Crippen LogP contribution in [-0.2, 0) is 5.11 Å². The number of rotatable bonds is 5. The van der Waals surface area contributed by atoms with E-state index in [1.165, 1.54) is 0 Å². The van der Waals surface area contributed by atoms with Gasteiger partial charge in [0.1, 0.15) is 0 Å². The maximum absolute atomic E-state index is 10.0. The Balaban J connectivity index is 2.95. The van der Waals surface area contributed by atoms with E-state index in [9.17, 15) is 5.11 Å². The number of aliphatic hydroxyl groups is 1. The molecule has 1 N–H and O–H groups in total. The van der Waals surface area contributed by atoms with Crippen molar-refractivity contribution in [3.8, 4) is 0 Å². The van der Waals surface area contributed by atoms with Gasteiger partial charge in [-0.05, 0) is 25.2 Å². The molecule has 2 nitrogen and oxygen atoms in total. The van der Waals surface area contributed by atoms with Gasteiger partial charge < -0.3 is 5.11 Å². The van der Waals surface area contributed by atoms with Gasteiger partial charge in [-0.1, -0.05) is 6.92 Å². The SMILES string of the molecule is C[C@H](CC[O])CCCO. The quantitative estimate of drug-likeness (QED) is 0.598. The molecule has 0 saturated heterocycles. The van der Waals surface area contributed by atoms with Crippen LogP contribution in [0, 0.1) is 5.92 Å². The van der Waals surface area contributed by atoms with Crippen molar-refractivity contribution in [1.29, 1.82) is 0 Å². The topological polar surface area (TPSA) is 40.1 Å². The van der Waals surface area contributed by atoms with Crippen molar-refractivity contribution in [2.45, 2.75) is 26.2 Å². The van der Waals surface area contributed by atoms with Crippen LogP contribution < -0.4 is 0 Å². The molecule has 0 aromatic carbocycles. The summed E-state index contributed by atoms with van der Waals surface area (Å²) in [5.41, 5.74) is 0. The molecular weight excluding hydrogens is 116 g/mol. The normalized spacial score (nSPS) is 13.7. The lowest BCUT2D eigenvalue weighted by molar-refractivity contribution is 0.168. The van der Waals surface area contributed by atoms with Crippen LogP contribution in [0.3, 0.4) is 0 Å². The molecule has 1 atom stereocenters. The Morgan fingerprint density at radius 2 is 2.11 bits per heavy atom. The summed E-state index contributed by atoms with van der Waals surface area (Å²) in [5.74, 6) is 0.495. The van der Waals surface area contributed by atoms with Gasteiger partial charge in [0, 0.05) is 6.61 Å². The molecule has 1 radical (unpaired) electrons. The first kappa shape index (κ1) is 8.92. The van der Waals surface area contributed by atoms with Gasteiger partial charge in [-0.2, -0.15) is 0 Å². The number of hydrogen-bond acceptors (Lipinski definition) is 1. The molecule has 0 aromatic rings. The Hall–Kier alpha value is -0.0800. The van der Waals surface area contributed by atoms with Crippen molar-refractivity contribution in [2.75, 3.05) is 13.2 Å². The van der Waals surface area contributed by atoms with Gasteiger partial charge in [0.05, 0.1) is 6.61 Å². The molecule has 0 aliphatic carbocycles. The lowest BCUT2D eigenvalue weighted by Crippen LogP contribution is -1.98. The summed E-state index contributed by atoms with van der Waals surface area (Å²) in [6, 6.07) is 0. The summed E-state index contributed by atoms with van der Waals surface area (Å²) in [7, 11) is 0. The zero-order chi connectivity index (χ0) is 7.11. The van der Waals surface area contributed by atoms with Crippen LogP contribution >= 0.6 is 0 Å². The summed E-state index contributed by atoms with van der Waals surface area (Å²) in [6.45, 7) is 2.32. The highest BCUT2D eigenvalue weighted by molar-refractivity contribution is 4.50. The van der Waals surface area contributed by atoms with Crippen LogP contribution in [0.2, 0.25) is 0 Å². The Morgan fingerprint density at radius 3 is 2.56 bits per heavy atom. The molecule has 0 bridgehead atoms. The fourth-order valence-electron chi connectivity index (χ4n) is 0.785. The van der Waals surface area contributed by atoms with Gasteiger partial charge in [0.25, 0.3) is 0 Å². The first-order valence-corrected chi connectivity index (χ1v) is 3.50. The van der Waals surface area contributed by atoms with E-state index in [-0.39, 0.29) is 13.2 Å². The molecule has 0 amide bonds. The molecule has 0 spiro atoms. The molecule has 0 aliphatic heterocycles. The maximum Gasteiger partial charge on any atom is 0.0824 e. The Labute approximate surface area is 56.5 Å². The predicted octanol–water partition coefficient (Wildman–Crippen LogP) is 1.22. The minimum absolute atomic E-state index is 0.0204. The highest BCUT2D eigenvalue weighted by Crippen LogP contribution is 2.08. The maximum atomic E-state index is 10.0. The first-order valence-electron chi connectivity index (χ1n) is 3.50. The Morgan fingerprint density at radius 1 is 1.44 bits per heavy atom. The summed E-state index contributed by atoms with van der Waals surface area (Å²) in [6.07, 6.45) is 2.57. The van der Waals surface area contributed by atoms with E-state index >= 15 is 0 Å². The fraction of sp³-hybridized carbons (Fsp3) is 1.00. The Bertz CT molecular complexity index is 54.9. The van der Waals surface area contributed by atoms with Crippen LogP contribution in [0.1, 0.15) is 26.2 Å². The Kier molecular flexibility index (Phi) is 5.99. The average molecular weight is 131 g/mol. The van der Waals surface area contributed by atoms with E-state index in [1.807, 2.05) is 6.92 Å². The highest BCUT2D eigenvalue weighted by Gasteiger charge is 1.99. The van der Waals surface area contributed by atoms with Crippen molar-refractivity contribution in [1.82, 2.24) is 0 Å². The standard InChI is InChI=1S/C7H15O2/c1-7(4-6-9)3-2-5-8/h7-8H,2-6H2,1H3/t7-/m0/s1. The van der Waals surface area contributed by atoms with E-state index in [0.29, 0.717) is 5.92 Å². The van der Waals surface area contributed by atoms with E-state index in [1.54, 1.807) is 0 Å². The molecular formula is C7H15O2. The molecule has 55 valence electrons. The van der Waals surface area contributed by atoms with Gasteiger partial charge in [0.2, 0.25) is 0 Å². The molecule has 0 saturated carbocycles. The van der Waals surface area contributed by atoms with E-state index in [2.05, 4.69) is 0 Å². The lowest BCUT2D eigenvalue weighted by Gasteiger charge is -2.05. The molecule has 0 rings (SSSR count). The van der Waals surface area contributed by atoms with Crippen LogP contribution in [0.4, 0.5) is 0 Å². The van der Waals surface area contributed by atoms with Crippen molar-refractivity contribution in [3.05, 3.63) is 0 Å². The molecule has 0 fully saturated rings. The van der Waals surface area contributed by atoms with E-state index in [4.69, 9.17) is 5.11 Å². The third kappa shape index (κ3) is 5.80. The van der Waals surface area contributed by atoms with Gasteiger partial charge in [0.15, 0.2) is 0 Å². The average Bonchev–Trinajstić information content (AvgIpc) is 1.85. The summed E-state index contributed by atoms with van der Waals surface area (Å²) in [4.78, 5) is 0. The van der Waals surface area contributed by atoms with Crippen molar-refractivity contribution in [3.63, 3.8) is 0 Å². The van der Waals surface area contributed by atoms with E-state index < -0.39 is 0 Å². The molecule has 0 unspecified atom stereocenters. The van der Waals surface area contributed by atoms with Gasteiger partial charge >= 0.3 is 0 Å². The third-order valence-electron chi connectivity index (χ3n) is 1.47. The monoisotopic (exact) mass is 131 g/mol. The zero-order valence-corrected chi connectivity index (χ0v) is 5.97. The zero-order valence-electron chi connectivity index (χ0n) is 5.97. The minimum Gasteiger partial charge on any atom is -0.396 e. The second kappa shape index (κ2) is 6.05. The fourth-order valence-corrected chi connectivity index (χ4v) is 0.785. The van der Waals surface area contributed by atoms with Crippen LogP contribution in [-0.4, -0.2) is 18.3 Å². The van der Waals surface area contributed by atoms with Crippen molar-refractivity contribution in [2.24, 2.45) is 5.92 Å². The smallest absolute Gasteiger partial charge is 0.0824 e. The van der Waals surface area contributed by atoms with Crippen LogP contribution in [0.15, 0.2) is 0 Å².